The average Bonchev–Trinajstić information content (AvgIpc) is 2.62. The Morgan fingerprint density at radius 3 is 1.33 bits per heavy atom. The second kappa shape index (κ2) is 10.5. The first-order valence-corrected chi connectivity index (χ1v) is 19.2. The molecule has 21 nitrogen and oxygen atoms in total. The molecule has 1 heterocycles. The highest BCUT2D eigenvalue weighted by molar-refractivity contribution is 7.74. The first-order chi connectivity index (χ1) is 17.1. The minimum Gasteiger partial charge on any atom is -0.506 e. The van der Waals surface area contributed by atoms with Gasteiger partial charge in [0.15, 0.2) is 0 Å². The molecule has 13 N–H and O–H groups in total. The lowest BCUT2D eigenvalue weighted by molar-refractivity contribution is 0.128. The van der Waals surface area contributed by atoms with Gasteiger partial charge in [-0.2, -0.15) is 0 Å². The molecule has 0 bridgehead atoms. The van der Waals surface area contributed by atoms with Crippen LogP contribution in [0.3, 0.4) is 0 Å². The summed E-state index contributed by atoms with van der Waals surface area (Å²) < 4.78 is 74.9. The Balaban J connectivity index is 3.47. The maximum Gasteiger partial charge on any atom is 0.364 e. The predicted molar refractivity (Wildman–Crippen MR) is 127 cm³/mol. The van der Waals surface area contributed by atoms with Gasteiger partial charge < -0.3 is 63.8 Å². The number of benzene rings is 1. The number of nitrogens with zero attached hydrogens (tertiary/aromatic N) is 2. The minimum atomic E-state index is -7.14. The van der Waals surface area contributed by atoms with Crippen molar-refractivity contribution in [2.45, 2.75) is 16.1 Å². The predicted octanol–water partition coefficient (Wildman–Crippen LogP) is -1.01. The zero-order chi connectivity index (χ0) is 30.8. The molecule has 0 amide bonds. The Kier molecular flexibility index (Phi) is 9.31. The third-order valence-corrected chi connectivity index (χ3v) is 16.0. The number of rotatable bonds is 10. The van der Waals surface area contributed by atoms with Crippen molar-refractivity contribution in [2.75, 3.05) is 0 Å². The number of fused-ring (bicyclic) bond motifs is 1. The normalized spacial score (nSPS) is 15.1. The molecule has 0 radical (unpaired) electrons. The van der Waals surface area contributed by atoms with Gasteiger partial charge in [0.1, 0.15) is 11.3 Å². The standard InChI is InChI=1S/C12H20N2O19P6/c15-7-3-1-2-6-4-5-8(13-9(6)7)12(38(28,29)30,39(31,32)33)14(10(34(16,17)18)35(19,20)21)11(36(22,23)24)37(25,26)27/h1-5,10-11,15H,(H2,16,17,18)(H2,19,20,21)(H2,22,23,24)(H2,25,26,27)(H2,28,29,30)(H2,31,32,33). The molecular formula is C12H20N2O19P6. The molecule has 1 aromatic heterocycles. The van der Waals surface area contributed by atoms with Crippen LogP contribution in [0.2, 0.25) is 0 Å². The Morgan fingerprint density at radius 1 is 0.615 bits per heavy atom. The molecule has 0 saturated carbocycles. The van der Waals surface area contributed by atoms with Crippen molar-refractivity contribution in [1.82, 2.24) is 9.88 Å². The summed E-state index contributed by atoms with van der Waals surface area (Å²) in [7, 11) is -41.7. The maximum absolute atomic E-state index is 12.9. The molecule has 0 fully saturated rings. The highest BCUT2D eigenvalue weighted by Gasteiger charge is 2.76. The van der Waals surface area contributed by atoms with Gasteiger partial charge in [-0.25, -0.2) is 9.88 Å². The van der Waals surface area contributed by atoms with Crippen LogP contribution in [0.25, 0.3) is 10.9 Å². The van der Waals surface area contributed by atoms with Gasteiger partial charge in [-0.15, -0.1) is 0 Å². The minimum absolute atomic E-state index is 0.154. The fraction of sp³-hybridized carbons (Fsp3) is 0.250. The van der Waals surface area contributed by atoms with E-state index < -0.39 is 83.5 Å². The second-order valence-corrected chi connectivity index (χ2v) is 19.0. The fourth-order valence-corrected chi connectivity index (χ4v) is 13.8. The molecule has 0 spiro atoms. The molecule has 39 heavy (non-hydrogen) atoms. The van der Waals surface area contributed by atoms with E-state index in [1.807, 2.05) is 0 Å². The highest BCUT2D eigenvalue weighted by Crippen LogP contribution is 2.82. The fourth-order valence-electron chi connectivity index (χ4n) is 3.70. The molecule has 0 unspecified atom stereocenters. The van der Waals surface area contributed by atoms with Crippen molar-refractivity contribution in [3.63, 3.8) is 0 Å². The summed E-state index contributed by atoms with van der Waals surface area (Å²) in [5.74, 6) is -0.880. The highest BCUT2D eigenvalue weighted by atomic mass is 31.3. The van der Waals surface area contributed by atoms with Gasteiger partial charge in [-0.1, -0.05) is 18.2 Å². The SMILES string of the molecule is O=P(O)(O)C(N(C(P(=O)(O)O)P(=O)(O)O)C(c1ccc2cccc(O)c2n1)(P(=O)(O)O)P(=O)(O)O)P(=O)(O)O. The summed E-state index contributed by atoms with van der Waals surface area (Å²) in [5.41, 5.74) is -11.5. The van der Waals surface area contributed by atoms with Crippen molar-refractivity contribution in [3.8, 4) is 5.75 Å². The van der Waals surface area contributed by atoms with Crippen LogP contribution in [0.5, 0.6) is 5.75 Å². The number of phenolic OH excluding ortho intramolecular Hbond substituents is 1. The first kappa shape index (κ1) is 34.5. The summed E-state index contributed by atoms with van der Waals surface area (Å²) in [6.45, 7) is 0. The van der Waals surface area contributed by atoms with Gasteiger partial charge in [-0.3, -0.25) is 27.4 Å². The quantitative estimate of drug-likeness (QED) is 0.133. The first-order valence-electron chi connectivity index (χ1n) is 9.29. The summed E-state index contributed by atoms with van der Waals surface area (Å²) in [6, 6.07) is 4.15. The topological polar surface area (TPSA) is 382 Å². The lowest BCUT2D eigenvalue weighted by Crippen LogP contribution is -2.55. The third kappa shape index (κ3) is 6.54. The largest absolute Gasteiger partial charge is 0.506 e. The summed E-state index contributed by atoms with van der Waals surface area (Å²) in [6.07, 6.45) is 0. The zero-order valence-corrected chi connectivity index (χ0v) is 23.7. The number of aromatic hydroxyl groups is 1. The molecule has 0 atom stereocenters. The van der Waals surface area contributed by atoms with Gasteiger partial charge in [0.25, 0.3) is 5.02 Å². The maximum atomic E-state index is 12.9. The second-order valence-electron chi connectivity index (χ2n) is 7.73. The Bertz CT molecular complexity index is 1440. The lowest BCUT2D eigenvalue weighted by Gasteiger charge is -2.48. The van der Waals surface area contributed by atoms with Gasteiger partial charge in [0, 0.05) is 5.39 Å². The van der Waals surface area contributed by atoms with Gasteiger partial charge in [0.2, 0.25) is 11.0 Å². The molecular weight excluding hydrogens is 662 g/mol. The number of hydrogen-bond donors (Lipinski definition) is 13. The van der Waals surface area contributed by atoms with Crippen molar-refractivity contribution in [1.29, 1.82) is 0 Å². The van der Waals surface area contributed by atoms with Crippen molar-refractivity contribution in [3.05, 3.63) is 36.0 Å². The van der Waals surface area contributed by atoms with Crippen LogP contribution in [0, 0.1) is 0 Å². The van der Waals surface area contributed by atoms with E-state index in [4.69, 9.17) is 0 Å². The van der Waals surface area contributed by atoms with Gasteiger partial charge >= 0.3 is 45.6 Å². The Hall–Kier alpha value is -0.710. The Labute approximate surface area is 215 Å². The molecule has 0 saturated heterocycles. The van der Waals surface area contributed by atoms with E-state index in [0.29, 0.717) is 6.07 Å². The van der Waals surface area contributed by atoms with E-state index in [9.17, 15) is 91.2 Å². The summed E-state index contributed by atoms with van der Waals surface area (Å²) in [5, 5.41) is 4.80. The van der Waals surface area contributed by atoms with E-state index in [1.54, 1.807) is 0 Å². The van der Waals surface area contributed by atoms with Gasteiger partial charge in [-0.05, 0) is 12.1 Å². The van der Waals surface area contributed by atoms with E-state index in [1.165, 1.54) is 6.07 Å². The lowest BCUT2D eigenvalue weighted by atomic mass is 10.2. The van der Waals surface area contributed by atoms with Crippen LogP contribution in [0.15, 0.2) is 30.3 Å². The number of pyridine rings is 1. The molecule has 0 aliphatic carbocycles. The molecule has 0 aliphatic rings. The van der Waals surface area contributed by atoms with Crippen LogP contribution >= 0.6 is 45.6 Å². The van der Waals surface area contributed by atoms with E-state index in [-0.39, 0.29) is 11.5 Å². The smallest absolute Gasteiger partial charge is 0.364 e. The van der Waals surface area contributed by atoms with Gasteiger partial charge in [0.05, 0.1) is 5.69 Å². The monoisotopic (exact) mass is 682 g/mol. The molecule has 0 aliphatic heterocycles. The Morgan fingerprint density at radius 2 is 1.00 bits per heavy atom. The zero-order valence-electron chi connectivity index (χ0n) is 18.4. The average molecular weight is 682 g/mol. The van der Waals surface area contributed by atoms with Crippen molar-refractivity contribution in [2.24, 2.45) is 0 Å². The van der Waals surface area contributed by atoms with Crippen LogP contribution < -0.4 is 0 Å². The molecule has 2 aromatic rings. The molecule has 222 valence electrons. The van der Waals surface area contributed by atoms with E-state index in [0.717, 1.165) is 12.1 Å². The summed E-state index contributed by atoms with van der Waals surface area (Å²) >= 11 is 0. The molecule has 1 aromatic carbocycles. The van der Waals surface area contributed by atoms with Crippen LogP contribution in [0.1, 0.15) is 5.69 Å². The van der Waals surface area contributed by atoms with Crippen molar-refractivity contribution < 1.29 is 91.2 Å². The number of hydrogen-bond acceptors (Lipinski definition) is 9. The van der Waals surface area contributed by atoms with E-state index in [2.05, 4.69) is 4.98 Å². The van der Waals surface area contributed by atoms with Crippen LogP contribution in [-0.4, -0.2) is 84.8 Å². The number of phenols is 1. The molecule has 2 rings (SSSR count). The third-order valence-electron chi connectivity index (χ3n) is 4.92. The van der Waals surface area contributed by atoms with Crippen molar-refractivity contribution >= 4 is 56.5 Å². The van der Waals surface area contributed by atoms with Crippen LogP contribution in [0.4, 0.5) is 0 Å². The summed E-state index contributed by atoms with van der Waals surface area (Å²) in [4.78, 5) is 121. The van der Waals surface area contributed by atoms with Crippen LogP contribution in [-0.2, 0) is 32.4 Å². The van der Waals surface area contributed by atoms with E-state index >= 15 is 0 Å². The molecule has 27 heteroatoms. The number of para-hydroxylation sites is 1. The number of aromatic nitrogens is 1.